The lowest BCUT2D eigenvalue weighted by Gasteiger charge is -2.34. The summed E-state index contributed by atoms with van der Waals surface area (Å²) in [7, 11) is -6.95. The number of anilines is 1. The molecule has 0 unspecified atom stereocenters. The van der Waals surface area contributed by atoms with Gasteiger partial charge in [-0.15, -0.1) is 0 Å². The van der Waals surface area contributed by atoms with Crippen LogP contribution in [0.5, 0.6) is 0 Å². The molecular weight excluding hydrogens is 434 g/mol. The lowest BCUT2D eigenvalue weighted by atomic mass is 10.3. The molecule has 1 aliphatic rings. The molecular formula is C14H20BrN3O5S2. The van der Waals surface area contributed by atoms with Crippen LogP contribution in [0.2, 0.25) is 0 Å². The highest BCUT2D eigenvalue weighted by Crippen LogP contribution is 2.27. The molecule has 1 aromatic rings. The lowest BCUT2D eigenvalue weighted by Crippen LogP contribution is -2.52. The molecule has 0 atom stereocenters. The van der Waals surface area contributed by atoms with Crippen LogP contribution in [0, 0.1) is 0 Å². The van der Waals surface area contributed by atoms with E-state index in [1.807, 2.05) is 0 Å². The van der Waals surface area contributed by atoms with Crippen LogP contribution in [0.4, 0.5) is 5.69 Å². The van der Waals surface area contributed by atoms with Gasteiger partial charge < -0.3 is 4.90 Å². The van der Waals surface area contributed by atoms with E-state index in [-0.39, 0.29) is 38.6 Å². The molecule has 0 N–H and O–H groups in total. The van der Waals surface area contributed by atoms with Gasteiger partial charge in [0.25, 0.3) is 0 Å². The normalized spacial score (nSPS) is 16.7. The first-order valence-corrected chi connectivity index (χ1v) is 11.9. The van der Waals surface area contributed by atoms with E-state index in [1.54, 1.807) is 24.3 Å². The summed E-state index contributed by atoms with van der Waals surface area (Å²) < 4.78 is 50.2. The first-order valence-electron chi connectivity index (χ1n) is 7.45. The zero-order chi connectivity index (χ0) is 18.8. The molecule has 0 aromatic heterocycles. The van der Waals surface area contributed by atoms with Crippen molar-refractivity contribution in [3.05, 3.63) is 28.7 Å². The van der Waals surface area contributed by atoms with E-state index < -0.39 is 20.0 Å². The van der Waals surface area contributed by atoms with Crippen LogP contribution in [0.1, 0.15) is 0 Å². The topological polar surface area (TPSA) is 95.1 Å². The second-order valence-electron chi connectivity index (χ2n) is 5.76. The van der Waals surface area contributed by atoms with Crippen LogP contribution in [-0.4, -0.2) is 77.2 Å². The largest absolute Gasteiger partial charge is 0.338 e. The van der Waals surface area contributed by atoms with Gasteiger partial charge >= 0.3 is 0 Å². The minimum absolute atomic E-state index is 0.207. The van der Waals surface area contributed by atoms with Crippen molar-refractivity contribution in [1.29, 1.82) is 0 Å². The predicted molar refractivity (Wildman–Crippen MR) is 99.3 cm³/mol. The van der Waals surface area contributed by atoms with Crippen molar-refractivity contribution in [1.82, 2.24) is 9.21 Å². The van der Waals surface area contributed by atoms with Crippen LogP contribution in [0.25, 0.3) is 0 Å². The fourth-order valence-electron chi connectivity index (χ4n) is 2.53. The molecule has 1 saturated heterocycles. The van der Waals surface area contributed by atoms with Crippen molar-refractivity contribution in [3.8, 4) is 0 Å². The fourth-order valence-corrected chi connectivity index (χ4v) is 4.83. The number of sulfonamides is 2. The van der Waals surface area contributed by atoms with E-state index in [2.05, 4.69) is 15.9 Å². The predicted octanol–water partition coefficient (Wildman–Crippen LogP) is 0.319. The molecule has 11 heteroatoms. The maximum absolute atomic E-state index is 12.5. The minimum atomic E-state index is -3.66. The molecule has 2 rings (SSSR count). The van der Waals surface area contributed by atoms with Gasteiger partial charge in [0.15, 0.2) is 0 Å². The number of amides is 1. The number of carbonyl (C=O) groups excluding carboxylic acids is 1. The van der Waals surface area contributed by atoms with Gasteiger partial charge in [-0.05, 0) is 28.1 Å². The number of halogens is 1. The van der Waals surface area contributed by atoms with Crippen molar-refractivity contribution < 1.29 is 21.6 Å². The van der Waals surface area contributed by atoms with E-state index >= 15 is 0 Å². The Balaban J connectivity index is 2.13. The molecule has 1 amide bonds. The van der Waals surface area contributed by atoms with E-state index in [4.69, 9.17) is 0 Å². The van der Waals surface area contributed by atoms with Gasteiger partial charge in [0.1, 0.15) is 6.54 Å². The molecule has 1 aromatic carbocycles. The maximum Gasteiger partial charge on any atom is 0.243 e. The number of hydrogen-bond donors (Lipinski definition) is 0. The fraction of sp³-hybridized carbons (Fsp3) is 0.500. The van der Waals surface area contributed by atoms with Crippen molar-refractivity contribution in [2.45, 2.75) is 0 Å². The Morgan fingerprint density at radius 2 is 1.64 bits per heavy atom. The Morgan fingerprint density at radius 1 is 1.08 bits per heavy atom. The van der Waals surface area contributed by atoms with Crippen molar-refractivity contribution in [3.63, 3.8) is 0 Å². The molecule has 1 heterocycles. The summed E-state index contributed by atoms with van der Waals surface area (Å²) in [5.74, 6) is -0.366. The van der Waals surface area contributed by atoms with Gasteiger partial charge in [-0.2, -0.15) is 4.31 Å². The van der Waals surface area contributed by atoms with Crippen LogP contribution in [-0.2, 0) is 24.8 Å². The summed E-state index contributed by atoms with van der Waals surface area (Å²) in [4.78, 5) is 14.0. The number of nitrogens with zero attached hydrogens (tertiary/aromatic N) is 3. The quantitative estimate of drug-likeness (QED) is 0.639. The summed E-state index contributed by atoms with van der Waals surface area (Å²) in [5, 5.41) is 0. The van der Waals surface area contributed by atoms with E-state index in [0.29, 0.717) is 10.2 Å². The molecule has 0 radical (unpaired) electrons. The van der Waals surface area contributed by atoms with E-state index in [1.165, 1.54) is 9.21 Å². The van der Waals surface area contributed by atoms with E-state index in [9.17, 15) is 21.6 Å². The second kappa shape index (κ2) is 7.60. The second-order valence-corrected chi connectivity index (χ2v) is 10.5. The maximum atomic E-state index is 12.5. The van der Waals surface area contributed by atoms with Gasteiger partial charge in [-0.25, -0.2) is 16.8 Å². The lowest BCUT2D eigenvalue weighted by molar-refractivity contribution is -0.130. The Morgan fingerprint density at radius 3 is 2.12 bits per heavy atom. The molecule has 25 heavy (non-hydrogen) atoms. The Labute approximate surface area is 156 Å². The van der Waals surface area contributed by atoms with Gasteiger partial charge in [0.2, 0.25) is 26.0 Å². The zero-order valence-electron chi connectivity index (χ0n) is 13.9. The number of benzene rings is 1. The number of hydrogen-bond acceptors (Lipinski definition) is 5. The number of piperazine rings is 1. The molecule has 0 aliphatic carbocycles. The number of carbonyl (C=O) groups is 1. The summed E-state index contributed by atoms with van der Waals surface area (Å²) in [6.45, 7) is 0.552. The number of rotatable bonds is 5. The van der Waals surface area contributed by atoms with Crippen molar-refractivity contribution >= 4 is 47.6 Å². The third-order valence-corrected chi connectivity index (χ3v) is 6.96. The number of para-hydroxylation sites is 1. The van der Waals surface area contributed by atoms with Crippen LogP contribution >= 0.6 is 15.9 Å². The highest BCUT2D eigenvalue weighted by molar-refractivity contribution is 9.10. The summed E-state index contributed by atoms with van der Waals surface area (Å²) in [6, 6.07) is 6.75. The highest BCUT2D eigenvalue weighted by atomic mass is 79.9. The molecule has 1 fully saturated rings. The molecule has 0 bridgehead atoms. The van der Waals surface area contributed by atoms with Crippen molar-refractivity contribution in [2.24, 2.45) is 0 Å². The molecule has 8 nitrogen and oxygen atoms in total. The Kier molecular flexibility index (Phi) is 6.13. The molecule has 0 saturated carbocycles. The average Bonchev–Trinajstić information content (AvgIpc) is 2.51. The van der Waals surface area contributed by atoms with Gasteiger partial charge in [0, 0.05) is 30.7 Å². The molecule has 140 valence electrons. The van der Waals surface area contributed by atoms with Crippen molar-refractivity contribution in [2.75, 3.05) is 49.5 Å². The minimum Gasteiger partial charge on any atom is -0.338 e. The summed E-state index contributed by atoms with van der Waals surface area (Å²) in [6.07, 6.45) is 2.17. The SMILES string of the molecule is CS(=O)(=O)N1CCN(C(=O)CN(c2ccccc2Br)S(C)(=O)=O)CC1. The third-order valence-electron chi connectivity index (χ3n) is 3.86. The average molecular weight is 454 g/mol. The van der Waals surface area contributed by atoms with Crippen LogP contribution in [0.15, 0.2) is 28.7 Å². The van der Waals surface area contributed by atoms with Crippen LogP contribution < -0.4 is 4.31 Å². The third kappa shape index (κ3) is 5.16. The smallest absolute Gasteiger partial charge is 0.243 e. The summed E-state index contributed by atoms with van der Waals surface area (Å²) in [5.41, 5.74) is 0.383. The monoisotopic (exact) mass is 453 g/mol. The molecule has 0 spiro atoms. The van der Waals surface area contributed by atoms with Gasteiger partial charge in [0.05, 0.1) is 18.2 Å². The highest BCUT2D eigenvalue weighted by Gasteiger charge is 2.29. The first-order chi connectivity index (χ1) is 11.5. The van der Waals surface area contributed by atoms with Crippen LogP contribution in [0.3, 0.4) is 0 Å². The standard InChI is InChI=1S/C14H20BrN3O5S2/c1-24(20,21)17-9-7-16(8-10-17)14(19)11-18(25(2,22)23)13-6-4-3-5-12(13)15/h3-6H,7-11H2,1-2H3. The Hall–Kier alpha value is -1.17. The molecule has 1 aliphatic heterocycles. The van der Waals surface area contributed by atoms with E-state index in [0.717, 1.165) is 16.8 Å². The van der Waals surface area contributed by atoms with Gasteiger partial charge in [-0.1, -0.05) is 12.1 Å². The first kappa shape index (κ1) is 20.1. The van der Waals surface area contributed by atoms with Gasteiger partial charge in [-0.3, -0.25) is 9.10 Å². The Bertz CT molecular complexity index is 849. The summed E-state index contributed by atoms with van der Waals surface area (Å²) >= 11 is 3.30. The zero-order valence-corrected chi connectivity index (χ0v) is 17.1.